The number of aromatic carboxylic acids is 1. The molecule has 0 saturated carbocycles. The SMILES string of the molecule is C=C(C)C(=O)O.CN(C)c1ccc(C=CC(=O)O)cc1.Cc1ccc(C=CC(=O)O)cc1.O=C(O)C(=O)Cc1ccccc1.O=C(O)c1cccnc1. The van der Waals surface area contributed by atoms with E-state index >= 15 is 0 Å². The summed E-state index contributed by atoms with van der Waals surface area (Å²) in [6.45, 7) is 6.59. The van der Waals surface area contributed by atoms with Crippen LogP contribution in [0.2, 0.25) is 0 Å². The van der Waals surface area contributed by atoms with Crippen molar-refractivity contribution in [2.75, 3.05) is 19.0 Å². The Morgan fingerprint density at radius 3 is 1.49 bits per heavy atom. The molecule has 13 heteroatoms. The zero-order chi connectivity index (χ0) is 40.3. The molecule has 0 aliphatic carbocycles. The van der Waals surface area contributed by atoms with Gasteiger partial charge in [0.2, 0.25) is 5.78 Å². The van der Waals surface area contributed by atoms with E-state index in [1.807, 2.05) is 80.5 Å². The third-order valence-electron chi connectivity index (χ3n) is 6.04. The van der Waals surface area contributed by atoms with Gasteiger partial charge in [0.25, 0.3) is 0 Å². The van der Waals surface area contributed by atoms with Gasteiger partial charge in [-0.1, -0.05) is 78.9 Å². The predicted octanol–water partition coefficient (Wildman–Crippen LogP) is 6.25. The fraction of sp³-hybridized carbons (Fsp3) is 0.125. The van der Waals surface area contributed by atoms with Crippen molar-refractivity contribution in [1.82, 2.24) is 4.98 Å². The molecule has 13 nitrogen and oxygen atoms in total. The Morgan fingerprint density at radius 2 is 1.15 bits per heavy atom. The van der Waals surface area contributed by atoms with E-state index in [0.717, 1.165) is 34.5 Å². The molecule has 4 aromatic rings. The minimum atomic E-state index is -1.38. The molecule has 3 aromatic carbocycles. The van der Waals surface area contributed by atoms with Crippen LogP contribution in [0.5, 0.6) is 0 Å². The van der Waals surface area contributed by atoms with Crippen LogP contribution < -0.4 is 4.90 Å². The monoisotopic (exact) mass is 726 g/mol. The van der Waals surface area contributed by atoms with E-state index in [0.29, 0.717) is 0 Å². The van der Waals surface area contributed by atoms with Crippen molar-refractivity contribution in [3.05, 3.63) is 156 Å². The molecule has 53 heavy (non-hydrogen) atoms. The summed E-state index contributed by atoms with van der Waals surface area (Å²) in [4.78, 5) is 66.6. The molecule has 4 rings (SSSR count). The molecule has 0 aliphatic rings. The average molecular weight is 727 g/mol. The zero-order valence-electron chi connectivity index (χ0n) is 29.6. The third kappa shape index (κ3) is 23.8. The number of carbonyl (C=O) groups is 6. The van der Waals surface area contributed by atoms with Gasteiger partial charge in [0.1, 0.15) is 0 Å². The normalized spacial score (nSPS) is 9.58. The lowest BCUT2D eigenvalue weighted by Crippen LogP contribution is -2.14. The fourth-order valence-electron chi connectivity index (χ4n) is 3.24. The highest BCUT2D eigenvalue weighted by molar-refractivity contribution is 6.33. The highest BCUT2D eigenvalue weighted by Crippen LogP contribution is 2.13. The summed E-state index contributed by atoms with van der Waals surface area (Å²) in [5, 5.41) is 41.3. The number of pyridine rings is 1. The number of ketones is 1. The topological polar surface area (TPSA) is 220 Å². The minimum Gasteiger partial charge on any atom is -0.478 e. The first-order chi connectivity index (χ1) is 24.9. The molecule has 0 aliphatic heterocycles. The second kappa shape index (κ2) is 25.8. The fourth-order valence-corrected chi connectivity index (χ4v) is 3.24. The molecular weight excluding hydrogens is 684 g/mol. The van der Waals surface area contributed by atoms with Gasteiger partial charge in [0.15, 0.2) is 0 Å². The maximum absolute atomic E-state index is 10.7. The summed E-state index contributed by atoms with van der Waals surface area (Å²) < 4.78 is 0. The number of rotatable bonds is 10. The molecule has 0 saturated heterocycles. The number of benzene rings is 3. The van der Waals surface area contributed by atoms with Crippen molar-refractivity contribution in [1.29, 1.82) is 0 Å². The van der Waals surface area contributed by atoms with Gasteiger partial charge in [0.05, 0.1) is 5.56 Å². The summed E-state index contributed by atoms with van der Waals surface area (Å²) in [7, 11) is 3.92. The second-order valence-corrected chi connectivity index (χ2v) is 10.8. The Morgan fingerprint density at radius 1 is 0.679 bits per heavy atom. The summed E-state index contributed by atoms with van der Waals surface area (Å²) in [5.74, 6) is -5.88. The lowest BCUT2D eigenvalue weighted by Gasteiger charge is -2.11. The average Bonchev–Trinajstić information content (AvgIpc) is 3.12. The van der Waals surface area contributed by atoms with Crippen LogP contribution in [-0.4, -0.2) is 80.2 Å². The summed E-state index contributed by atoms with van der Waals surface area (Å²) >= 11 is 0. The van der Waals surface area contributed by atoms with Gasteiger partial charge in [-0.25, -0.2) is 24.0 Å². The van der Waals surface area contributed by atoms with Crippen molar-refractivity contribution in [3.63, 3.8) is 0 Å². The molecule has 0 atom stereocenters. The van der Waals surface area contributed by atoms with Gasteiger partial charge in [0, 0.05) is 56.3 Å². The van der Waals surface area contributed by atoms with E-state index in [9.17, 15) is 28.8 Å². The number of hydrogen-bond donors (Lipinski definition) is 5. The van der Waals surface area contributed by atoms with Crippen LogP contribution in [0, 0.1) is 6.92 Å². The Balaban J connectivity index is 0.000000653. The first kappa shape index (κ1) is 45.9. The number of aliphatic carboxylic acids is 4. The van der Waals surface area contributed by atoms with Gasteiger partial charge < -0.3 is 30.4 Å². The highest BCUT2D eigenvalue weighted by atomic mass is 16.4. The molecule has 0 radical (unpaired) electrons. The smallest absolute Gasteiger partial charge is 0.372 e. The number of anilines is 1. The highest BCUT2D eigenvalue weighted by Gasteiger charge is 2.11. The van der Waals surface area contributed by atoms with Crippen LogP contribution >= 0.6 is 0 Å². The number of aromatic nitrogens is 1. The Hall–Kier alpha value is -7.15. The predicted molar refractivity (Wildman–Crippen MR) is 202 cm³/mol. The number of carboxylic acid groups (broad SMARTS) is 5. The lowest BCUT2D eigenvalue weighted by atomic mass is 10.1. The summed E-state index contributed by atoms with van der Waals surface area (Å²) in [6, 6.07) is 27.2. The number of hydrogen-bond acceptors (Lipinski definition) is 8. The zero-order valence-corrected chi connectivity index (χ0v) is 29.6. The van der Waals surface area contributed by atoms with E-state index < -0.39 is 35.6 Å². The maximum Gasteiger partial charge on any atom is 0.372 e. The van der Waals surface area contributed by atoms with Crippen LogP contribution in [0.15, 0.2) is 128 Å². The molecule has 0 amide bonds. The number of carbonyl (C=O) groups excluding carboxylic acids is 1. The number of nitrogens with zero attached hydrogens (tertiary/aromatic N) is 2. The van der Waals surface area contributed by atoms with Gasteiger partial charge >= 0.3 is 29.8 Å². The molecule has 1 heterocycles. The molecular formula is C40H42N2O11. The summed E-state index contributed by atoms with van der Waals surface area (Å²) in [6.07, 6.45) is 8.21. The maximum atomic E-state index is 10.7. The van der Waals surface area contributed by atoms with Gasteiger partial charge in [-0.3, -0.25) is 9.78 Å². The molecule has 0 unspecified atom stereocenters. The Bertz CT molecular complexity index is 1820. The van der Waals surface area contributed by atoms with Crippen molar-refractivity contribution in [2.24, 2.45) is 0 Å². The van der Waals surface area contributed by atoms with E-state index in [-0.39, 0.29) is 17.6 Å². The van der Waals surface area contributed by atoms with Crippen molar-refractivity contribution in [3.8, 4) is 0 Å². The Kier molecular flexibility index (Phi) is 22.3. The summed E-state index contributed by atoms with van der Waals surface area (Å²) in [5.41, 5.74) is 5.18. The number of Topliss-reactive ketones (excluding diaryl/α,β-unsaturated/α-hetero) is 1. The van der Waals surface area contributed by atoms with E-state index in [4.69, 9.17) is 25.5 Å². The molecule has 1 aromatic heterocycles. The first-order valence-corrected chi connectivity index (χ1v) is 15.4. The largest absolute Gasteiger partial charge is 0.478 e. The van der Waals surface area contributed by atoms with Crippen LogP contribution in [0.3, 0.4) is 0 Å². The van der Waals surface area contributed by atoms with Crippen LogP contribution in [0.1, 0.15) is 39.5 Å². The van der Waals surface area contributed by atoms with Crippen molar-refractivity contribution in [2.45, 2.75) is 20.3 Å². The van der Waals surface area contributed by atoms with Crippen molar-refractivity contribution >= 4 is 53.5 Å². The first-order valence-electron chi connectivity index (χ1n) is 15.4. The Labute approximate surface area is 307 Å². The van der Waals surface area contributed by atoms with Gasteiger partial charge in [-0.15, -0.1) is 0 Å². The molecule has 278 valence electrons. The minimum absolute atomic E-state index is 0.0316. The van der Waals surface area contributed by atoms with E-state index in [1.54, 1.807) is 42.5 Å². The molecule has 0 spiro atoms. The second-order valence-electron chi connectivity index (χ2n) is 10.8. The number of carboxylic acids is 5. The van der Waals surface area contributed by atoms with Crippen LogP contribution in [0.25, 0.3) is 12.2 Å². The molecule has 0 bridgehead atoms. The van der Waals surface area contributed by atoms with Crippen molar-refractivity contribution < 1.29 is 54.3 Å². The molecule has 0 fully saturated rings. The van der Waals surface area contributed by atoms with Gasteiger partial charge in [-0.05, 0) is 67.0 Å². The lowest BCUT2D eigenvalue weighted by molar-refractivity contribution is -0.148. The van der Waals surface area contributed by atoms with E-state index in [1.165, 1.54) is 30.9 Å². The quantitative estimate of drug-likeness (QED) is 0.0902. The standard InChI is InChI=1S/C11H13NO2.C10H10O2.C9H8O3.C6H5NO2.C4H6O2/c1-12(2)10-6-3-9(4-7-10)5-8-11(13)14;1-8-2-4-9(5-3-8)6-7-10(11)12;10-8(9(11)12)6-7-4-2-1-3-5-7;8-6(9)5-2-1-3-7-4-5;1-3(2)4(5)6/h3-8H,1-2H3,(H,13,14);2-7H,1H3,(H,11,12);1-5H,6H2,(H,11,12);1-4H,(H,8,9);1H2,2H3,(H,5,6). The number of aryl methyl sites for hydroxylation is 1. The molecule has 5 N–H and O–H groups in total. The van der Waals surface area contributed by atoms with Gasteiger partial charge in [-0.2, -0.15) is 0 Å². The van der Waals surface area contributed by atoms with E-state index in [2.05, 4.69) is 11.6 Å². The van der Waals surface area contributed by atoms with Crippen LogP contribution in [-0.2, 0) is 30.4 Å². The third-order valence-corrected chi connectivity index (χ3v) is 6.04. The van der Waals surface area contributed by atoms with Crippen LogP contribution in [0.4, 0.5) is 5.69 Å².